The highest BCUT2D eigenvalue weighted by molar-refractivity contribution is 8.07. The molecule has 3 fully saturated rings. The predicted molar refractivity (Wildman–Crippen MR) is 94.4 cm³/mol. The van der Waals surface area contributed by atoms with Crippen molar-refractivity contribution < 1.29 is 4.74 Å². The molecule has 3 aliphatic rings. The van der Waals surface area contributed by atoms with Crippen LogP contribution in [-0.4, -0.2) is 58.8 Å². The summed E-state index contributed by atoms with van der Waals surface area (Å²) in [5, 5.41) is 5.23. The molecule has 3 rings (SSSR count). The minimum Gasteiger partial charge on any atom is -0.374 e. The highest BCUT2D eigenvalue weighted by Gasteiger charge is 2.44. The van der Waals surface area contributed by atoms with Gasteiger partial charge in [-0.1, -0.05) is 6.92 Å². The number of hydrogen-bond donors (Lipinski definition) is 1. The van der Waals surface area contributed by atoms with Crippen LogP contribution in [-0.2, 0) is 4.74 Å². The molecule has 2 nitrogen and oxygen atoms in total. The second kappa shape index (κ2) is 7.03. The molecule has 0 bridgehead atoms. The van der Waals surface area contributed by atoms with Crippen molar-refractivity contribution in [2.24, 2.45) is 5.92 Å². The maximum atomic E-state index is 6.20. The highest BCUT2D eigenvalue weighted by Crippen LogP contribution is 2.44. The molecule has 0 aromatic heterocycles. The van der Waals surface area contributed by atoms with Crippen LogP contribution >= 0.6 is 35.3 Å². The molecule has 3 heterocycles. The van der Waals surface area contributed by atoms with Gasteiger partial charge in [0.2, 0.25) is 0 Å². The van der Waals surface area contributed by atoms with Crippen LogP contribution in [0.4, 0.5) is 0 Å². The van der Waals surface area contributed by atoms with Crippen LogP contribution in [0.2, 0.25) is 0 Å². The van der Waals surface area contributed by atoms with E-state index in [-0.39, 0.29) is 5.60 Å². The first kappa shape index (κ1) is 15.9. The van der Waals surface area contributed by atoms with E-state index in [2.05, 4.69) is 54.6 Å². The quantitative estimate of drug-likeness (QED) is 0.854. The normalized spacial score (nSPS) is 43.8. The predicted octanol–water partition coefficient (Wildman–Crippen LogP) is 3.11. The van der Waals surface area contributed by atoms with Crippen LogP contribution in [0.3, 0.4) is 0 Å². The average molecular weight is 334 g/mol. The molecule has 3 saturated heterocycles. The minimum atomic E-state index is 0.221. The van der Waals surface area contributed by atoms with Crippen LogP contribution in [0.25, 0.3) is 0 Å². The van der Waals surface area contributed by atoms with Gasteiger partial charge in [0.05, 0.1) is 5.60 Å². The summed E-state index contributed by atoms with van der Waals surface area (Å²) in [4.78, 5) is 0. The van der Waals surface area contributed by atoms with E-state index in [0.717, 1.165) is 23.0 Å². The molecular weight excluding hydrogens is 306 g/mol. The van der Waals surface area contributed by atoms with Gasteiger partial charge in [0.1, 0.15) is 0 Å². The molecule has 0 aliphatic carbocycles. The Hall–Kier alpha value is 0.970. The summed E-state index contributed by atoms with van der Waals surface area (Å²) in [6.07, 6.45) is 3.79. The molecular formula is C15H27NOS3. The summed E-state index contributed by atoms with van der Waals surface area (Å²) >= 11 is 6.44. The lowest BCUT2D eigenvalue weighted by molar-refractivity contribution is -0.0847. The van der Waals surface area contributed by atoms with Gasteiger partial charge in [-0.15, -0.1) is 0 Å². The van der Waals surface area contributed by atoms with E-state index >= 15 is 0 Å². The Morgan fingerprint density at radius 1 is 1.25 bits per heavy atom. The van der Waals surface area contributed by atoms with Gasteiger partial charge in [-0.3, -0.25) is 0 Å². The second-order valence-electron chi connectivity index (χ2n) is 6.31. The Kier molecular flexibility index (Phi) is 5.57. The van der Waals surface area contributed by atoms with Gasteiger partial charge < -0.3 is 10.1 Å². The van der Waals surface area contributed by atoms with E-state index in [4.69, 9.17) is 4.74 Å². The van der Waals surface area contributed by atoms with Crippen LogP contribution in [0, 0.1) is 5.92 Å². The number of ether oxygens (including phenoxy) is 1. The van der Waals surface area contributed by atoms with Crippen molar-refractivity contribution in [3.63, 3.8) is 0 Å². The van der Waals surface area contributed by atoms with Gasteiger partial charge in [-0.05, 0) is 38.0 Å². The molecule has 0 amide bonds. The molecule has 5 unspecified atom stereocenters. The molecule has 1 spiro atoms. The molecule has 116 valence electrons. The van der Waals surface area contributed by atoms with Gasteiger partial charge in [-0.2, -0.15) is 35.3 Å². The standard InChI is InChI=1S/C15H27NOS3/c1-11-14(20-8-7-19-11)13(16-2)12-3-5-17-15(9-12)4-6-18-10-15/h11-14,16H,3-10H2,1-2H3. The molecule has 1 N–H and O–H groups in total. The Labute approximate surface area is 136 Å². The van der Waals surface area contributed by atoms with Crippen molar-refractivity contribution in [1.29, 1.82) is 0 Å². The molecule has 5 atom stereocenters. The van der Waals surface area contributed by atoms with Crippen LogP contribution in [0.1, 0.15) is 26.2 Å². The fourth-order valence-corrected chi connectivity index (χ4v) is 8.41. The molecule has 0 radical (unpaired) electrons. The number of nitrogens with one attached hydrogen (secondary N) is 1. The van der Waals surface area contributed by atoms with E-state index in [0.29, 0.717) is 6.04 Å². The van der Waals surface area contributed by atoms with E-state index in [1.54, 1.807) is 0 Å². The fraction of sp³-hybridized carbons (Fsp3) is 1.00. The SMILES string of the molecule is CNC(C1CCOC2(CCSC2)C1)C1SCCSC1C. The van der Waals surface area contributed by atoms with Gasteiger partial charge >= 0.3 is 0 Å². The fourth-order valence-electron chi connectivity index (χ4n) is 3.95. The summed E-state index contributed by atoms with van der Waals surface area (Å²) in [6.45, 7) is 3.40. The van der Waals surface area contributed by atoms with E-state index in [1.165, 1.54) is 42.3 Å². The lowest BCUT2D eigenvalue weighted by Gasteiger charge is -2.45. The number of thioether (sulfide) groups is 3. The van der Waals surface area contributed by atoms with Crippen molar-refractivity contribution >= 4 is 35.3 Å². The smallest absolute Gasteiger partial charge is 0.0783 e. The van der Waals surface area contributed by atoms with Crippen molar-refractivity contribution in [3.8, 4) is 0 Å². The highest BCUT2D eigenvalue weighted by atomic mass is 32.2. The first-order valence-corrected chi connectivity index (χ1v) is 11.1. The molecule has 0 aromatic rings. The summed E-state index contributed by atoms with van der Waals surface area (Å²) in [7, 11) is 2.17. The molecule has 20 heavy (non-hydrogen) atoms. The first-order valence-electron chi connectivity index (χ1n) is 7.86. The van der Waals surface area contributed by atoms with Crippen molar-refractivity contribution in [3.05, 3.63) is 0 Å². The van der Waals surface area contributed by atoms with Crippen LogP contribution < -0.4 is 5.32 Å². The van der Waals surface area contributed by atoms with Gasteiger partial charge in [-0.25, -0.2) is 0 Å². The zero-order valence-corrected chi connectivity index (χ0v) is 15.0. The third-order valence-electron chi connectivity index (χ3n) is 5.03. The minimum absolute atomic E-state index is 0.221. The summed E-state index contributed by atoms with van der Waals surface area (Å²) in [5.41, 5.74) is 0.221. The third kappa shape index (κ3) is 3.32. The number of rotatable bonds is 3. The monoisotopic (exact) mass is 333 g/mol. The van der Waals surface area contributed by atoms with Crippen LogP contribution in [0.15, 0.2) is 0 Å². The molecule has 3 aliphatic heterocycles. The second-order valence-corrected chi connectivity index (χ2v) is 10.2. The van der Waals surface area contributed by atoms with Gasteiger partial charge in [0.15, 0.2) is 0 Å². The lowest BCUT2D eigenvalue weighted by atomic mass is 9.80. The number of hydrogen-bond acceptors (Lipinski definition) is 5. The van der Waals surface area contributed by atoms with Crippen LogP contribution in [0.5, 0.6) is 0 Å². The van der Waals surface area contributed by atoms with E-state index in [1.807, 2.05) is 0 Å². The van der Waals surface area contributed by atoms with Crippen molar-refractivity contribution in [2.45, 2.75) is 48.3 Å². The lowest BCUT2D eigenvalue weighted by Crippen LogP contribution is -2.52. The Bertz CT molecular complexity index is 322. The molecule has 5 heteroatoms. The third-order valence-corrected chi connectivity index (χ3v) is 9.47. The topological polar surface area (TPSA) is 21.3 Å². The summed E-state index contributed by atoms with van der Waals surface area (Å²) < 4.78 is 6.20. The van der Waals surface area contributed by atoms with Crippen molar-refractivity contribution in [2.75, 3.05) is 36.7 Å². The Balaban J connectivity index is 1.68. The summed E-state index contributed by atoms with van der Waals surface area (Å²) in [5.74, 6) is 5.96. The Morgan fingerprint density at radius 2 is 2.10 bits per heavy atom. The van der Waals surface area contributed by atoms with Crippen molar-refractivity contribution in [1.82, 2.24) is 5.32 Å². The Morgan fingerprint density at radius 3 is 2.80 bits per heavy atom. The molecule has 0 saturated carbocycles. The van der Waals surface area contributed by atoms with Gasteiger partial charge in [0.25, 0.3) is 0 Å². The maximum absolute atomic E-state index is 6.20. The molecule has 0 aromatic carbocycles. The zero-order valence-electron chi connectivity index (χ0n) is 12.6. The van der Waals surface area contributed by atoms with E-state index in [9.17, 15) is 0 Å². The zero-order chi connectivity index (χ0) is 14.0. The summed E-state index contributed by atoms with van der Waals surface area (Å²) in [6, 6.07) is 0.661. The van der Waals surface area contributed by atoms with Gasteiger partial charge in [0, 0.05) is 40.4 Å². The first-order chi connectivity index (χ1) is 9.74. The maximum Gasteiger partial charge on any atom is 0.0783 e. The van der Waals surface area contributed by atoms with E-state index < -0.39 is 0 Å². The average Bonchev–Trinajstić information content (AvgIpc) is 2.90. The largest absolute Gasteiger partial charge is 0.374 e.